The van der Waals surface area contributed by atoms with Crippen LogP contribution in [0.25, 0.3) is 17.0 Å². The molecule has 152 valence electrons. The first-order valence-electron chi connectivity index (χ1n) is 9.85. The van der Waals surface area contributed by atoms with Crippen LogP contribution >= 0.6 is 15.9 Å². The summed E-state index contributed by atoms with van der Waals surface area (Å²) >= 11 is 3.47. The van der Waals surface area contributed by atoms with Gasteiger partial charge in [0.1, 0.15) is 11.6 Å². The number of anilines is 1. The second kappa shape index (κ2) is 9.03. The Labute approximate surface area is 189 Å². The molecular weight excluding hydrogens is 450 g/mol. The monoisotopic (exact) mass is 469 g/mol. The number of carbonyl (C=O) groups is 1. The van der Waals surface area contributed by atoms with Crippen LogP contribution in [0.2, 0.25) is 0 Å². The Kier molecular flexibility index (Phi) is 6.01. The lowest BCUT2D eigenvalue weighted by molar-refractivity contribution is -0.112. The highest BCUT2D eigenvalue weighted by Gasteiger charge is 2.13. The van der Waals surface area contributed by atoms with Crippen LogP contribution in [-0.2, 0) is 11.3 Å². The van der Waals surface area contributed by atoms with Crippen LogP contribution < -0.4 is 5.32 Å². The van der Waals surface area contributed by atoms with Crippen molar-refractivity contribution in [3.63, 3.8) is 0 Å². The fourth-order valence-electron chi connectivity index (χ4n) is 3.45. The minimum Gasteiger partial charge on any atom is -0.342 e. The number of aromatic nitrogens is 1. The largest absolute Gasteiger partial charge is 0.342 e. The average molecular weight is 470 g/mol. The van der Waals surface area contributed by atoms with E-state index < -0.39 is 5.91 Å². The second-order valence-corrected chi connectivity index (χ2v) is 8.26. The molecule has 1 N–H and O–H groups in total. The maximum Gasteiger partial charge on any atom is 0.266 e. The van der Waals surface area contributed by atoms with E-state index in [1.54, 1.807) is 6.08 Å². The van der Waals surface area contributed by atoms with E-state index in [0.717, 1.165) is 32.1 Å². The van der Waals surface area contributed by atoms with Gasteiger partial charge in [-0.1, -0.05) is 64.0 Å². The predicted molar refractivity (Wildman–Crippen MR) is 129 cm³/mol. The molecule has 4 rings (SSSR count). The Morgan fingerprint density at radius 1 is 1.06 bits per heavy atom. The molecule has 0 aliphatic heterocycles. The van der Waals surface area contributed by atoms with Crippen LogP contribution in [0.5, 0.6) is 0 Å². The van der Waals surface area contributed by atoms with Crippen LogP contribution in [0, 0.1) is 18.3 Å². The number of hydrogen-bond acceptors (Lipinski definition) is 2. The zero-order chi connectivity index (χ0) is 21.8. The summed E-state index contributed by atoms with van der Waals surface area (Å²) in [5, 5.41) is 13.4. The molecule has 0 radical (unpaired) electrons. The van der Waals surface area contributed by atoms with Crippen molar-refractivity contribution in [2.75, 3.05) is 5.32 Å². The summed E-state index contributed by atoms with van der Waals surface area (Å²) in [5.41, 5.74) is 4.88. The normalized spacial score (nSPS) is 11.3. The molecule has 0 spiro atoms. The molecular formula is C26H20BrN3O. The molecule has 0 saturated carbocycles. The van der Waals surface area contributed by atoms with Crippen LogP contribution in [0.15, 0.2) is 89.0 Å². The maximum absolute atomic E-state index is 12.7. The summed E-state index contributed by atoms with van der Waals surface area (Å²) in [7, 11) is 0. The van der Waals surface area contributed by atoms with E-state index in [4.69, 9.17) is 0 Å². The number of halogens is 1. The molecule has 1 amide bonds. The lowest BCUT2D eigenvalue weighted by Crippen LogP contribution is -2.13. The number of nitrogens with zero attached hydrogens (tertiary/aromatic N) is 2. The Morgan fingerprint density at radius 3 is 2.48 bits per heavy atom. The third kappa shape index (κ3) is 4.76. The van der Waals surface area contributed by atoms with Crippen molar-refractivity contribution in [2.24, 2.45) is 0 Å². The first-order chi connectivity index (χ1) is 15.0. The van der Waals surface area contributed by atoms with Gasteiger partial charge in [-0.15, -0.1) is 0 Å². The Balaban J connectivity index is 1.66. The van der Waals surface area contributed by atoms with Gasteiger partial charge in [-0.25, -0.2) is 0 Å². The molecule has 0 aliphatic carbocycles. The molecule has 0 saturated heterocycles. The van der Waals surface area contributed by atoms with Crippen molar-refractivity contribution in [1.29, 1.82) is 5.26 Å². The highest BCUT2D eigenvalue weighted by Crippen LogP contribution is 2.25. The summed E-state index contributed by atoms with van der Waals surface area (Å²) in [6.45, 7) is 2.68. The molecule has 4 aromatic rings. The molecule has 0 unspecified atom stereocenters. The van der Waals surface area contributed by atoms with Gasteiger partial charge in [-0.05, 0) is 48.9 Å². The lowest BCUT2D eigenvalue weighted by atomic mass is 10.1. The van der Waals surface area contributed by atoms with Crippen LogP contribution in [0.4, 0.5) is 5.69 Å². The number of amides is 1. The average Bonchev–Trinajstić information content (AvgIpc) is 3.12. The first kappa shape index (κ1) is 20.6. The molecule has 1 aromatic heterocycles. The standard InChI is InChI=1S/C26H20BrN3O/c1-18-6-12-23(13-7-18)29-26(31)20(15-28)14-21-17-30(25-5-3-2-4-24(21)25)16-19-8-10-22(27)11-9-19/h2-14,17H,16H2,1H3,(H,29,31)/b20-14+. The van der Waals surface area contributed by atoms with Crippen molar-refractivity contribution in [1.82, 2.24) is 4.57 Å². The smallest absolute Gasteiger partial charge is 0.266 e. The summed E-state index contributed by atoms with van der Waals surface area (Å²) in [4.78, 5) is 12.7. The van der Waals surface area contributed by atoms with Gasteiger partial charge >= 0.3 is 0 Å². The molecule has 3 aromatic carbocycles. The number of nitriles is 1. The number of rotatable bonds is 5. The fraction of sp³-hybridized carbons (Fsp3) is 0.0769. The van der Waals surface area contributed by atoms with E-state index >= 15 is 0 Å². The summed E-state index contributed by atoms with van der Waals surface area (Å²) < 4.78 is 3.17. The highest BCUT2D eigenvalue weighted by molar-refractivity contribution is 9.10. The third-order valence-corrected chi connectivity index (χ3v) is 5.59. The van der Waals surface area contributed by atoms with Gasteiger partial charge in [0.2, 0.25) is 0 Å². The van der Waals surface area contributed by atoms with Crippen molar-refractivity contribution >= 4 is 44.5 Å². The summed E-state index contributed by atoms with van der Waals surface area (Å²) in [6, 6.07) is 25.7. The van der Waals surface area contributed by atoms with E-state index in [0.29, 0.717) is 12.2 Å². The van der Waals surface area contributed by atoms with Gasteiger partial charge in [0, 0.05) is 39.4 Å². The molecule has 1 heterocycles. The van der Waals surface area contributed by atoms with Gasteiger partial charge in [0.05, 0.1) is 0 Å². The number of nitrogens with one attached hydrogen (secondary N) is 1. The summed E-state index contributed by atoms with van der Waals surface area (Å²) in [6.07, 6.45) is 3.65. The third-order valence-electron chi connectivity index (χ3n) is 5.06. The number of carbonyl (C=O) groups excluding carboxylic acids is 1. The fourth-order valence-corrected chi connectivity index (χ4v) is 3.71. The number of fused-ring (bicyclic) bond motifs is 1. The minimum atomic E-state index is -0.420. The number of hydrogen-bond donors (Lipinski definition) is 1. The highest BCUT2D eigenvalue weighted by atomic mass is 79.9. The van der Waals surface area contributed by atoms with E-state index in [-0.39, 0.29) is 5.57 Å². The van der Waals surface area contributed by atoms with E-state index in [1.807, 2.05) is 79.9 Å². The molecule has 0 aliphatic rings. The van der Waals surface area contributed by atoms with Crippen molar-refractivity contribution in [3.05, 3.63) is 106 Å². The number of aryl methyl sites for hydroxylation is 1. The van der Waals surface area contributed by atoms with Gasteiger partial charge < -0.3 is 9.88 Å². The van der Waals surface area contributed by atoms with Gasteiger partial charge in [0.15, 0.2) is 0 Å². The van der Waals surface area contributed by atoms with E-state index in [1.165, 1.54) is 0 Å². The van der Waals surface area contributed by atoms with Gasteiger partial charge in [0.25, 0.3) is 5.91 Å². The zero-order valence-electron chi connectivity index (χ0n) is 17.0. The maximum atomic E-state index is 12.7. The minimum absolute atomic E-state index is 0.0621. The second-order valence-electron chi connectivity index (χ2n) is 7.35. The predicted octanol–water partition coefficient (Wildman–Crippen LogP) is 6.31. The molecule has 0 fully saturated rings. The van der Waals surface area contributed by atoms with Gasteiger partial charge in [-0.3, -0.25) is 4.79 Å². The Bertz CT molecular complexity index is 1310. The van der Waals surface area contributed by atoms with Crippen molar-refractivity contribution in [3.8, 4) is 6.07 Å². The Morgan fingerprint density at radius 2 is 1.77 bits per heavy atom. The summed E-state index contributed by atoms with van der Waals surface area (Å²) in [5.74, 6) is -0.420. The zero-order valence-corrected chi connectivity index (χ0v) is 18.6. The quantitative estimate of drug-likeness (QED) is 0.275. The van der Waals surface area contributed by atoms with E-state index in [9.17, 15) is 10.1 Å². The molecule has 0 atom stereocenters. The number of para-hydroxylation sites is 1. The van der Waals surface area contributed by atoms with Gasteiger partial charge in [-0.2, -0.15) is 5.26 Å². The van der Waals surface area contributed by atoms with Crippen LogP contribution in [0.3, 0.4) is 0 Å². The molecule has 4 nitrogen and oxygen atoms in total. The molecule has 0 bridgehead atoms. The SMILES string of the molecule is Cc1ccc(NC(=O)/C(C#N)=C/c2cn(Cc3ccc(Br)cc3)c3ccccc23)cc1. The topological polar surface area (TPSA) is 57.8 Å². The van der Waals surface area contributed by atoms with Crippen LogP contribution in [0.1, 0.15) is 16.7 Å². The van der Waals surface area contributed by atoms with Crippen LogP contribution in [-0.4, -0.2) is 10.5 Å². The number of benzene rings is 3. The van der Waals surface area contributed by atoms with Crippen molar-refractivity contribution in [2.45, 2.75) is 13.5 Å². The lowest BCUT2D eigenvalue weighted by Gasteiger charge is -2.05. The molecule has 31 heavy (non-hydrogen) atoms. The van der Waals surface area contributed by atoms with Crippen molar-refractivity contribution < 1.29 is 4.79 Å². The molecule has 5 heteroatoms. The first-order valence-corrected chi connectivity index (χ1v) is 10.6. The van der Waals surface area contributed by atoms with E-state index in [2.05, 4.69) is 37.9 Å². The Hall–Kier alpha value is -3.62.